The van der Waals surface area contributed by atoms with Crippen molar-refractivity contribution in [3.8, 4) is 11.1 Å². The molecule has 2 aromatic heterocycles. The number of aryl methyl sites for hydroxylation is 2. The second kappa shape index (κ2) is 8.61. The van der Waals surface area contributed by atoms with Crippen molar-refractivity contribution in [3.05, 3.63) is 77.2 Å². The molecule has 0 amide bonds. The van der Waals surface area contributed by atoms with E-state index in [1.54, 1.807) is 6.20 Å². The summed E-state index contributed by atoms with van der Waals surface area (Å²) in [6.45, 7) is 6.59. The van der Waals surface area contributed by atoms with Gasteiger partial charge in [0.25, 0.3) is 5.56 Å². The van der Waals surface area contributed by atoms with E-state index in [2.05, 4.69) is 30.6 Å². The van der Waals surface area contributed by atoms with Gasteiger partial charge in [-0.3, -0.25) is 9.36 Å². The Morgan fingerprint density at radius 2 is 2.00 bits per heavy atom. The van der Waals surface area contributed by atoms with Crippen LogP contribution in [0.25, 0.3) is 22.2 Å². The maximum atomic E-state index is 13.2. The fraction of sp³-hybridized carbons (Fsp3) is 0.304. The van der Waals surface area contributed by atoms with E-state index in [1.165, 1.54) is 5.56 Å². The van der Waals surface area contributed by atoms with E-state index < -0.39 is 0 Å². The average molecular weight is 346 g/mol. The van der Waals surface area contributed by atoms with Crippen molar-refractivity contribution >= 4 is 11.0 Å². The summed E-state index contributed by atoms with van der Waals surface area (Å²) in [6, 6.07) is 14.2. The number of pyridine rings is 2. The molecule has 0 unspecified atom stereocenters. The smallest absolute Gasteiger partial charge is 0.260 e. The van der Waals surface area contributed by atoms with Crippen LogP contribution in [0, 0.1) is 0 Å². The molecule has 0 N–H and O–H groups in total. The second-order valence-corrected chi connectivity index (χ2v) is 6.62. The number of aromatic nitrogens is 2. The Balaban J connectivity index is 2.03. The van der Waals surface area contributed by atoms with Crippen molar-refractivity contribution in [2.45, 2.75) is 45.6 Å². The van der Waals surface area contributed by atoms with Crippen molar-refractivity contribution in [3.63, 3.8) is 0 Å². The van der Waals surface area contributed by atoms with Gasteiger partial charge in [-0.15, -0.1) is 6.58 Å². The predicted octanol–water partition coefficient (Wildman–Crippen LogP) is 5.37. The fourth-order valence-corrected chi connectivity index (χ4v) is 3.31. The topological polar surface area (TPSA) is 34.9 Å². The Morgan fingerprint density at radius 1 is 1.12 bits per heavy atom. The Hall–Kier alpha value is -2.68. The lowest BCUT2D eigenvalue weighted by molar-refractivity contribution is 0.588. The summed E-state index contributed by atoms with van der Waals surface area (Å²) < 4.78 is 1.84. The Kier molecular flexibility index (Phi) is 6.00. The monoisotopic (exact) mass is 346 g/mol. The van der Waals surface area contributed by atoms with Crippen molar-refractivity contribution < 1.29 is 0 Å². The Labute approximate surface area is 155 Å². The van der Waals surface area contributed by atoms with Gasteiger partial charge in [0, 0.05) is 23.7 Å². The summed E-state index contributed by atoms with van der Waals surface area (Å²) in [4.78, 5) is 17.7. The molecule has 0 atom stereocenters. The van der Waals surface area contributed by atoms with Gasteiger partial charge in [-0.2, -0.15) is 0 Å². The molecule has 0 saturated carbocycles. The quantitative estimate of drug-likeness (QED) is 0.406. The van der Waals surface area contributed by atoms with Gasteiger partial charge in [0.1, 0.15) is 5.65 Å². The third-order valence-electron chi connectivity index (χ3n) is 4.78. The van der Waals surface area contributed by atoms with E-state index in [0.717, 1.165) is 54.3 Å². The molecule has 0 aliphatic heterocycles. The molecular formula is C23H26N2O. The number of hydrogen-bond donors (Lipinski definition) is 0. The Bertz CT molecular complexity index is 956. The lowest BCUT2D eigenvalue weighted by Gasteiger charge is -2.13. The third kappa shape index (κ3) is 3.93. The highest BCUT2D eigenvalue weighted by molar-refractivity contribution is 5.81. The van der Waals surface area contributed by atoms with E-state index in [4.69, 9.17) is 0 Å². The van der Waals surface area contributed by atoms with Crippen LogP contribution in [0.4, 0.5) is 0 Å². The first-order chi connectivity index (χ1) is 12.7. The molecule has 0 bridgehead atoms. The summed E-state index contributed by atoms with van der Waals surface area (Å²) in [7, 11) is 0. The maximum Gasteiger partial charge on any atom is 0.260 e. The van der Waals surface area contributed by atoms with Crippen LogP contribution in [-0.4, -0.2) is 9.55 Å². The first kappa shape index (κ1) is 18.1. The number of hydrogen-bond acceptors (Lipinski definition) is 2. The molecule has 2 heterocycles. The molecule has 134 valence electrons. The second-order valence-electron chi connectivity index (χ2n) is 6.62. The lowest BCUT2D eigenvalue weighted by atomic mass is 10.0. The van der Waals surface area contributed by atoms with Crippen molar-refractivity contribution in [1.82, 2.24) is 9.55 Å². The molecule has 3 aromatic rings. The van der Waals surface area contributed by atoms with Crippen molar-refractivity contribution in [1.29, 1.82) is 0 Å². The van der Waals surface area contributed by atoms with E-state index in [9.17, 15) is 4.79 Å². The van der Waals surface area contributed by atoms with Crippen LogP contribution in [-0.2, 0) is 13.0 Å². The molecule has 0 fully saturated rings. The SMILES string of the molecule is C=CCCCCCn1c(=O)c(-c2cccc(CC)c2)cc2cccnc21. The minimum absolute atomic E-state index is 0.0492. The van der Waals surface area contributed by atoms with Crippen LogP contribution in [0.3, 0.4) is 0 Å². The van der Waals surface area contributed by atoms with Crippen LogP contribution in [0.1, 0.15) is 38.2 Å². The summed E-state index contributed by atoms with van der Waals surface area (Å²) in [5, 5.41) is 1.01. The summed E-state index contributed by atoms with van der Waals surface area (Å²) in [5.41, 5.74) is 3.81. The number of allylic oxidation sites excluding steroid dienone is 1. The molecular weight excluding hydrogens is 320 g/mol. The molecule has 3 rings (SSSR count). The van der Waals surface area contributed by atoms with Gasteiger partial charge < -0.3 is 0 Å². The molecule has 0 spiro atoms. The normalized spacial score (nSPS) is 11.0. The van der Waals surface area contributed by atoms with Crippen LogP contribution < -0.4 is 5.56 Å². The number of fused-ring (bicyclic) bond motifs is 1. The standard InChI is InChI=1S/C23H26N2O/c1-3-5-6-7-8-15-25-22-20(13-10-14-24-22)17-21(23(25)26)19-12-9-11-18(4-2)16-19/h3,9-14,16-17H,1,4-8,15H2,2H3. The fourth-order valence-electron chi connectivity index (χ4n) is 3.31. The number of rotatable bonds is 8. The highest BCUT2D eigenvalue weighted by atomic mass is 16.1. The predicted molar refractivity (Wildman–Crippen MR) is 109 cm³/mol. The van der Waals surface area contributed by atoms with E-state index in [-0.39, 0.29) is 5.56 Å². The lowest BCUT2D eigenvalue weighted by Crippen LogP contribution is -2.23. The van der Waals surface area contributed by atoms with Crippen LogP contribution >= 0.6 is 0 Å². The van der Waals surface area contributed by atoms with Gasteiger partial charge >= 0.3 is 0 Å². The maximum absolute atomic E-state index is 13.2. The summed E-state index contributed by atoms with van der Waals surface area (Å²) in [6.07, 6.45) is 8.86. The first-order valence-electron chi connectivity index (χ1n) is 9.43. The zero-order valence-electron chi connectivity index (χ0n) is 15.4. The van der Waals surface area contributed by atoms with Crippen molar-refractivity contribution in [2.75, 3.05) is 0 Å². The summed E-state index contributed by atoms with van der Waals surface area (Å²) >= 11 is 0. The van der Waals surface area contributed by atoms with Crippen LogP contribution in [0.2, 0.25) is 0 Å². The zero-order valence-corrected chi connectivity index (χ0v) is 15.4. The first-order valence-corrected chi connectivity index (χ1v) is 9.43. The van der Waals surface area contributed by atoms with Gasteiger partial charge in [0.15, 0.2) is 0 Å². The highest BCUT2D eigenvalue weighted by Gasteiger charge is 2.12. The van der Waals surface area contributed by atoms with Gasteiger partial charge in [0.05, 0.1) is 0 Å². The van der Waals surface area contributed by atoms with E-state index in [1.807, 2.05) is 41.0 Å². The molecule has 3 nitrogen and oxygen atoms in total. The third-order valence-corrected chi connectivity index (χ3v) is 4.78. The highest BCUT2D eigenvalue weighted by Crippen LogP contribution is 2.22. The number of benzene rings is 1. The molecule has 1 aromatic carbocycles. The average Bonchev–Trinajstić information content (AvgIpc) is 2.69. The number of nitrogens with zero attached hydrogens (tertiary/aromatic N) is 2. The largest absolute Gasteiger partial charge is 0.292 e. The minimum Gasteiger partial charge on any atom is -0.292 e. The van der Waals surface area contributed by atoms with E-state index in [0.29, 0.717) is 6.54 Å². The Morgan fingerprint density at radius 3 is 2.81 bits per heavy atom. The van der Waals surface area contributed by atoms with E-state index >= 15 is 0 Å². The molecule has 0 saturated heterocycles. The van der Waals surface area contributed by atoms with Gasteiger partial charge in [0.2, 0.25) is 0 Å². The van der Waals surface area contributed by atoms with Crippen LogP contribution in [0.5, 0.6) is 0 Å². The molecule has 0 aliphatic rings. The molecule has 3 heteroatoms. The zero-order chi connectivity index (χ0) is 18.4. The summed E-state index contributed by atoms with van der Waals surface area (Å²) in [5.74, 6) is 0. The van der Waals surface area contributed by atoms with Crippen molar-refractivity contribution in [2.24, 2.45) is 0 Å². The van der Waals surface area contributed by atoms with Gasteiger partial charge in [-0.25, -0.2) is 4.98 Å². The molecule has 26 heavy (non-hydrogen) atoms. The van der Waals surface area contributed by atoms with Crippen LogP contribution in [0.15, 0.2) is 66.1 Å². The molecule has 0 radical (unpaired) electrons. The van der Waals surface area contributed by atoms with Gasteiger partial charge in [-0.1, -0.05) is 43.7 Å². The molecule has 0 aliphatic carbocycles. The number of unbranched alkanes of at least 4 members (excludes halogenated alkanes) is 3. The van der Waals surface area contributed by atoms with Gasteiger partial charge in [-0.05, 0) is 55.0 Å². The minimum atomic E-state index is 0.0492.